The number of carbonyl (C=O) groups is 1. The van der Waals surface area contributed by atoms with Gasteiger partial charge in [-0.15, -0.1) is 0 Å². The van der Waals surface area contributed by atoms with Crippen LogP contribution in [0.3, 0.4) is 0 Å². The average molecular weight is 314 g/mol. The number of hydrogen-bond donors (Lipinski definition) is 2. The highest BCUT2D eigenvalue weighted by Gasteiger charge is 2.35. The van der Waals surface area contributed by atoms with Crippen LogP contribution in [0.25, 0.3) is 0 Å². The van der Waals surface area contributed by atoms with Crippen LogP contribution in [0, 0.1) is 0 Å². The van der Waals surface area contributed by atoms with Crippen molar-refractivity contribution in [3.8, 4) is 0 Å². The number of carboxylic acids is 1. The topological polar surface area (TPSA) is 49.3 Å². The predicted octanol–water partition coefficient (Wildman–Crippen LogP) is 4.28. The highest BCUT2D eigenvalue weighted by molar-refractivity contribution is 9.10. The van der Waals surface area contributed by atoms with Crippen LogP contribution < -0.4 is 5.32 Å². The number of halogens is 1. The van der Waals surface area contributed by atoms with Crippen LogP contribution in [0.5, 0.6) is 0 Å². The first-order valence-corrected chi connectivity index (χ1v) is 7.10. The molecule has 0 saturated heterocycles. The first-order valence-electron chi connectivity index (χ1n) is 6.31. The second-order valence-corrected chi connectivity index (χ2v) is 5.39. The average Bonchev–Trinajstić information content (AvgIpc) is 2.36. The van der Waals surface area contributed by atoms with Crippen molar-refractivity contribution < 1.29 is 9.90 Å². The largest absolute Gasteiger partial charge is 0.480 e. The number of unbranched alkanes of at least 4 members (excludes halogenated alkanes) is 1. The van der Waals surface area contributed by atoms with Crippen LogP contribution in [0.4, 0.5) is 5.69 Å². The van der Waals surface area contributed by atoms with Gasteiger partial charge in [-0.3, -0.25) is 0 Å². The van der Waals surface area contributed by atoms with E-state index in [0.29, 0.717) is 12.8 Å². The third-order valence-electron chi connectivity index (χ3n) is 3.20. The Morgan fingerprint density at radius 3 is 2.39 bits per heavy atom. The minimum absolute atomic E-state index is 0.568. The molecular weight excluding hydrogens is 294 g/mol. The molecule has 18 heavy (non-hydrogen) atoms. The molecule has 0 aliphatic carbocycles. The molecule has 0 fully saturated rings. The summed E-state index contributed by atoms with van der Waals surface area (Å²) >= 11 is 3.37. The summed E-state index contributed by atoms with van der Waals surface area (Å²) < 4.78 is 0.985. The zero-order valence-electron chi connectivity index (χ0n) is 10.9. The third kappa shape index (κ3) is 3.73. The molecule has 0 heterocycles. The molecule has 0 aliphatic rings. The van der Waals surface area contributed by atoms with E-state index >= 15 is 0 Å². The van der Waals surface area contributed by atoms with Gasteiger partial charge in [-0.05, 0) is 37.1 Å². The van der Waals surface area contributed by atoms with E-state index in [1.807, 2.05) is 31.2 Å². The summed E-state index contributed by atoms with van der Waals surface area (Å²) in [6, 6.07) is 7.60. The normalized spacial score (nSPS) is 13.9. The van der Waals surface area contributed by atoms with Crippen molar-refractivity contribution in [3.05, 3.63) is 28.7 Å². The highest BCUT2D eigenvalue weighted by Crippen LogP contribution is 2.26. The summed E-state index contributed by atoms with van der Waals surface area (Å²) in [4.78, 5) is 11.6. The second-order valence-electron chi connectivity index (χ2n) is 4.48. The Balaban J connectivity index is 2.89. The van der Waals surface area contributed by atoms with Crippen LogP contribution in [0.1, 0.15) is 39.5 Å². The number of hydrogen-bond acceptors (Lipinski definition) is 2. The van der Waals surface area contributed by atoms with Crippen molar-refractivity contribution in [1.82, 2.24) is 0 Å². The van der Waals surface area contributed by atoms with Crippen LogP contribution in [-0.4, -0.2) is 16.6 Å². The van der Waals surface area contributed by atoms with Gasteiger partial charge < -0.3 is 10.4 Å². The summed E-state index contributed by atoms with van der Waals surface area (Å²) in [5.41, 5.74) is -0.0114. The van der Waals surface area contributed by atoms with E-state index in [0.717, 1.165) is 23.0 Å². The second kappa shape index (κ2) is 6.78. The van der Waals surface area contributed by atoms with Gasteiger partial charge in [0.25, 0.3) is 0 Å². The van der Waals surface area contributed by atoms with Crippen LogP contribution >= 0.6 is 15.9 Å². The van der Waals surface area contributed by atoms with Crippen LogP contribution in [0.15, 0.2) is 28.7 Å². The van der Waals surface area contributed by atoms with E-state index in [4.69, 9.17) is 0 Å². The number of carboxylic acid groups (broad SMARTS) is 1. The number of aliphatic carboxylic acids is 1. The van der Waals surface area contributed by atoms with Gasteiger partial charge in [0, 0.05) is 10.2 Å². The maximum absolute atomic E-state index is 11.6. The summed E-state index contributed by atoms with van der Waals surface area (Å²) in [5.74, 6) is -0.777. The Morgan fingerprint density at radius 1 is 1.33 bits per heavy atom. The highest BCUT2D eigenvalue weighted by atomic mass is 79.9. The van der Waals surface area contributed by atoms with Gasteiger partial charge in [-0.2, -0.15) is 0 Å². The first kappa shape index (κ1) is 15.0. The minimum Gasteiger partial charge on any atom is -0.480 e. The lowest BCUT2D eigenvalue weighted by Gasteiger charge is -2.30. The molecule has 0 spiro atoms. The quantitative estimate of drug-likeness (QED) is 0.789. The molecule has 1 atom stereocenters. The van der Waals surface area contributed by atoms with E-state index < -0.39 is 11.5 Å². The molecule has 1 aromatic rings. The molecule has 1 unspecified atom stereocenters. The SMILES string of the molecule is CCCCC(CC)(Nc1ccc(Br)cc1)C(=O)O. The van der Waals surface area contributed by atoms with E-state index in [-0.39, 0.29) is 0 Å². The van der Waals surface area contributed by atoms with E-state index in [1.54, 1.807) is 0 Å². The molecule has 0 bridgehead atoms. The lowest BCUT2D eigenvalue weighted by molar-refractivity contribution is -0.142. The third-order valence-corrected chi connectivity index (χ3v) is 3.73. The maximum Gasteiger partial charge on any atom is 0.329 e. The summed E-state index contributed by atoms with van der Waals surface area (Å²) in [6.45, 7) is 3.98. The number of anilines is 1. The van der Waals surface area contributed by atoms with Gasteiger partial charge >= 0.3 is 5.97 Å². The van der Waals surface area contributed by atoms with Gasteiger partial charge in [0.1, 0.15) is 5.54 Å². The Bertz CT molecular complexity index is 391. The van der Waals surface area contributed by atoms with Crippen LogP contribution in [0.2, 0.25) is 0 Å². The zero-order chi connectivity index (χ0) is 13.6. The van der Waals surface area contributed by atoms with Crippen molar-refractivity contribution >= 4 is 27.6 Å². The molecule has 100 valence electrons. The monoisotopic (exact) mass is 313 g/mol. The van der Waals surface area contributed by atoms with E-state index in [2.05, 4.69) is 28.2 Å². The van der Waals surface area contributed by atoms with Gasteiger partial charge in [-0.25, -0.2) is 4.79 Å². The van der Waals surface area contributed by atoms with Crippen LogP contribution in [-0.2, 0) is 4.79 Å². The summed E-state index contributed by atoms with van der Waals surface area (Å²) in [5, 5.41) is 12.7. The molecule has 2 N–H and O–H groups in total. The van der Waals surface area contributed by atoms with E-state index in [1.165, 1.54) is 0 Å². The molecule has 0 amide bonds. The van der Waals surface area contributed by atoms with E-state index in [9.17, 15) is 9.90 Å². The number of benzene rings is 1. The standard InChI is InChI=1S/C14H20BrNO2/c1-3-5-10-14(4-2,13(17)18)16-12-8-6-11(15)7-9-12/h6-9,16H,3-5,10H2,1-2H3,(H,17,18). The lowest BCUT2D eigenvalue weighted by atomic mass is 9.89. The predicted molar refractivity (Wildman–Crippen MR) is 77.9 cm³/mol. The first-order chi connectivity index (χ1) is 8.54. The molecule has 0 saturated carbocycles. The summed E-state index contributed by atoms with van der Waals surface area (Å²) in [6.07, 6.45) is 3.12. The Hall–Kier alpha value is -1.03. The van der Waals surface area contributed by atoms with Gasteiger partial charge in [-0.1, -0.05) is 42.6 Å². The Labute approximate surface area is 117 Å². The molecule has 3 nitrogen and oxygen atoms in total. The van der Waals surface area contributed by atoms with Crippen molar-refractivity contribution in [3.63, 3.8) is 0 Å². The lowest BCUT2D eigenvalue weighted by Crippen LogP contribution is -2.45. The molecular formula is C14H20BrNO2. The smallest absolute Gasteiger partial charge is 0.329 e. The zero-order valence-corrected chi connectivity index (χ0v) is 12.5. The van der Waals surface area contributed by atoms with Crippen molar-refractivity contribution in [1.29, 1.82) is 0 Å². The maximum atomic E-state index is 11.6. The van der Waals surface area contributed by atoms with Gasteiger partial charge in [0.15, 0.2) is 0 Å². The summed E-state index contributed by atoms with van der Waals surface area (Å²) in [7, 11) is 0. The molecule has 0 aliphatic heterocycles. The van der Waals surface area contributed by atoms with Crippen molar-refractivity contribution in [2.45, 2.75) is 45.1 Å². The number of nitrogens with one attached hydrogen (secondary N) is 1. The van der Waals surface area contributed by atoms with Crippen molar-refractivity contribution in [2.75, 3.05) is 5.32 Å². The Morgan fingerprint density at radius 2 is 1.94 bits per heavy atom. The molecule has 1 rings (SSSR count). The molecule has 1 aromatic carbocycles. The van der Waals surface area contributed by atoms with Gasteiger partial charge in [0.05, 0.1) is 0 Å². The minimum atomic E-state index is -0.857. The Kier molecular flexibility index (Phi) is 5.66. The number of rotatable bonds is 7. The fraction of sp³-hybridized carbons (Fsp3) is 0.500. The fourth-order valence-electron chi connectivity index (χ4n) is 1.93. The fourth-order valence-corrected chi connectivity index (χ4v) is 2.19. The van der Waals surface area contributed by atoms with Gasteiger partial charge in [0.2, 0.25) is 0 Å². The van der Waals surface area contributed by atoms with Crippen molar-refractivity contribution in [2.24, 2.45) is 0 Å². The molecule has 0 radical (unpaired) electrons. The molecule has 4 heteroatoms. The molecule has 0 aromatic heterocycles.